The van der Waals surface area contributed by atoms with E-state index in [1.165, 1.54) is 5.56 Å². The zero-order valence-electron chi connectivity index (χ0n) is 9.87. The second-order valence-electron chi connectivity index (χ2n) is 4.45. The summed E-state index contributed by atoms with van der Waals surface area (Å²) in [4.78, 5) is 14.4. The third kappa shape index (κ3) is 2.06. The molecule has 0 saturated carbocycles. The van der Waals surface area contributed by atoms with Gasteiger partial charge in [0.05, 0.1) is 0 Å². The third-order valence-electron chi connectivity index (χ3n) is 3.03. The van der Waals surface area contributed by atoms with Crippen molar-refractivity contribution in [2.75, 3.05) is 0 Å². The molecule has 1 aliphatic heterocycles. The van der Waals surface area contributed by atoms with E-state index in [2.05, 4.69) is 6.07 Å². The second-order valence-corrected chi connectivity index (χ2v) is 5.97. The van der Waals surface area contributed by atoms with Crippen LogP contribution in [0.3, 0.4) is 0 Å². The highest BCUT2D eigenvalue weighted by atomic mass is 35.5. The van der Waals surface area contributed by atoms with Gasteiger partial charge in [-0.15, -0.1) is 0 Å². The average Bonchev–Trinajstić information content (AvgIpc) is 2.44. The number of Topliss-reactive ketones (excluding diaryl/α,β-unsaturated/α-hetero) is 1. The number of benzene rings is 2. The van der Waals surface area contributed by atoms with E-state index in [0.29, 0.717) is 11.4 Å². The molecule has 0 amide bonds. The maximum absolute atomic E-state index is 12.2. The molecule has 1 aliphatic rings. The van der Waals surface area contributed by atoms with Crippen molar-refractivity contribution in [2.45, 2.75) is 23.1 Å². The van der Waals surface area contributed by atoms with Gasteiger partial charge in [-0.05, 0) is 48.4 Å². The molecule has 0 aliphatic carbocycles. The van der Waals surface area contributed by atoms with Gasteiger partial charge < -0.3 is 0 Å². The van der Waals surface area contributed by atoms with Crippen molar-refractivity contribution in [2.24, 2.45) is 0 Å². The maximum Gasteiger partial charge on any atom is 0.168 e. The Balaban J connectivity index is 2.17. The minimum absolute atomic E-state index is 0.165. The number of fused-ring (bicyclic) bond motifs is 2. The smallest absolute Gasteiger partial charge is 0.168 e. The van der Waals surface area contributed by atoms with Gasteiger partial charge in [-0.3, -0.25) is 4.79 Å². The van der Waals surface area contributed by atoms with Crippen molar-refractivity contribution in [3.05, 3.63) is 58.1 Å². The molecule has 1 nitrogen and oxygen atoms in total. The molecule has 0 atom stereocenters. The summed E-state index contributed by atoms with van der Waals surface area (Å²) >= 11 is 7.64. The molecule has 0 aromatic heterocycles. The van der Waals surface area contributed by atoms with Crippen molar-refractivity contribution in [3.63, 3.8) is 0 Å². The van der Waals surface area contributed by atoms with Crippen LogP contribution in [0.4, 0.5) is 0 Å². The van der Waals surface area contributed by atoms with Gasteiger partial charge in [0.15, 0.2) is 5.78 Å². The van der Waals surface area contributed by atoms with E-state index >= 15 is 0 Å². The Bertz CT molecular complexity index is 649. The molecule has 0 spiro atoms. The number of carbonyl (C=O) groups is 1. The van der Waals surface area contributed by atoms with Crippen molar-refractivity contribution in [3.8, 4) is 0 Å². The zero-order chi connectivity index (χ0) is 12.7. The second kappa shape index (κ2) is 4.45. The maximum atomic E-state index is 12.2. The first-order valence-electron chi connectivity index (χ1n) is 5.73. The number of rotatable bonds is 0. The molecule has 2 aromatic carbocycles. The van der Waals surface area contributed by atoms with Gasteiger partial charge in [0.2, 0.25) is 0 Å². The molecule has 0 N–H and O–H groups in total. The van der Waals surface area contributed by atoms with E-state index in [1.807, 2.05) is 37.3 Å². The van der Waals surface area contributed by atoms with Gasteiger partial charge in [-0.2, -0.15) is 0 Å². The molecular formula is C15H11ClOS. The van der Waals surface area contributed by atoms with Gasteiger partial charge in [0.25, 0.3) is 0 Å². The number of hydrogen-bond donors (Lipinski definition) is 0. The predicted octanol–water partition coefficient (Wildman–Crippen LogP) is 4.54. The molecule has 3 heteroatoms. The van der Waals surface area contributed by atoms with Crippen LogP contribution in [0.5, 0.6) is 0 Å². The first-order chi connectivity index (χ1) is 8.63. The van der Waals surface area contributed by atoms with Crippen molar-refractivity contribution in [1.82, 2.24) is 0 Å². The van der Waals surface area contributed by atoms with Crippen LogP contribution in [0.2, 0.25) is 5.02 Å². The van der Waals surface area contributed by atoms with Crippen LogP contribution in [0.25, 0.3) is 0 Å². The highest BCUT2D eigenvalue weighted by Crippen LogP contribution is 2.38. The number of aryl methyl sites for hydroxylation is 1. The van der Waals surface area contributed by atoms with Gasteiger partial charge in [0.1, 0.15) is 0 Å². The van der Waals surface area contributed by atoms with Crippen LogP contribution in [-0.4, -0.2) is 5.78 Å². The Labute approximate surface area is 115 Å². The lowest BCUT2D eigenvalue weighted by molar-refractivity contribution is 0.0990. The molecular weight excluding hydrogens is 264 g/mol. The first-order valence-corrected chi connectivity index (χ1v) is 6.93. The van der Waals surface area contributed by atoms with E-state index in [1.54, 1.807) is 11.8 Å². The Kier molecular flexibility index (Phi) is 2.92. The number of ketones is 1. The highest BCUT2D eigenvalue weighted by molar-refractivity contribution is 7.99. The summed E-state index contributed by atoms with van der Waals surface area (Å²) in [6, 6.07) is 11.7. The third-order valence-corrected chi connectivity index (χ3v) is 4.44. The van der Waals surface area contributed by atoms with Crippen LogP contribution >= 0.6 is 23.4 Å². The molecule has 90 valence electrons. The van der Waals surface area contributed by atoms with Crippen molar-refractivity contribution < 1.29 is 4.79 Å². The predicted molar refractivity (Wildman–Crippen MR) is 74.8 cm³/mol. The van der Waals surface area contributed by atoms with Crippen LogP contribution in [0, 0.1) is 6.92 Å². The summed E-state index contributed by atoms with van der Waals surface area (Å²) in [7, 11) is 0. The minimum Gasteiger partial charge on any atom is -0.294 e. The van der Waals surface area contributed by atoms with Crippen LogP contribution in [-0.2, 0) is 6.42 Å². The minimum atomic E-state index is 0.165. The average molecular weight is 275 g/mol. The molecule has 0 bridgehead atoms. The van der Waals surface area contributed by atoms with Gasteiger partial charge in [-0.1, -0.05) is 29.4 Å². The van der Waals surface area contributed by atoms with E-state index in [-0.39, 0.29) is 5.78 Å². The topological polar surface area (TPSA) is 17.1 Å². The normalized spacial score (nSPS) is 13.8. The van der Waals surface area contributed by atoms with Gasteiger partial charge in [0, 0.05) is 26.8 Å². The summed E-state index contributed by atoms with van der Waals surface area (Å²) in [5, 5.41) is 0.685. The number of halogens is 1. The molecule has 0 unspecified atom stereocenters. The summed E-state index contributed by atoms with van der Waals surface area (Å²) in [5.41, 5.74) is 3.01. The Morgan fingerprint density at radius 2 is 1.94 bits per heavy atom. The van der Waals surface area contributed by atoms with E-state index in [4.69, 9.17) is 11.6 Å². The first kappa shape index (κ1) is 11.8. The number of hydrogen-bond acceptors (Lipinski definition) is 2. The van der Waals surface area contributed by atoms with Gasteiger partial charge >= 0.3 is 0 Å². The molecule has 0 fully saturated rings. The molecule has 1 heterocycles. The van der Waals surface area contributed by atoms with Crippen LogP contribution < -0.4 is 0 Å². The summed E-state index contributed by atoms with van der Waals surface area (Å²) < 4.78 is 0. The lowest BCUT2D eigenvalue weighted by atomic mass is 10.0. The fourth-order valence-electron chi connectivity index (χ4n) is 2.12. The van der Waals surface area contributed by atoms with Crippen LogP contribution in [0.1, 0.15) is 21.5 Å². The fourth-order valence-corrected chi connectivity index (χ4v) is 3.48. The number of carbonyl (C=O) groups excluding carboxylic acids is 1. The molecule has 3 rings (SSSR count). The summed E-state index contributed by atoms with van der Waals surface area (Å²) in [6.45, 7) is 2.04. The largest absolute Gasteiger partial charge is 0.294 e. The highest BCUT2D eigenvalue weighted by Gasteiger charge is 2.20. The Hall–Kier alpha value is -1.25. The summed E-state index contributed by atoms with van der Waals surface area (Å²) in [6.07, 6.45) is 0.430. The quantitative estimate of drug-likeness (QED) is 0.702. The van der Waals surface area contributed by atoms with Crippen molar-refractivity contribution >= 4 is 29.1 Å². The molecule has 0 saturated heterocycles. The lowest BCUT2D eigenvalue weighted by Gasteiger charge is -2.05. The Morgan fingerprint density at radius 3 is 2.78 bits per heavy atom. The SMILES string of the molecule is Cc1ccc2c(c1)Sc1ccc(Cl)cc1CC2=O. The fraction of sp³-hybridized carbons (Fsp3) is 0.133. The lowest BCUT2D eigenvalue weighted by Crippen LogP contribution is -2.03. The summed E-state index contributed by atoms with van der Waals surface area (Å²) in [5.74, 6) is 0.165. The van der Waals surface area contributed by atoms with E-state index < -0.39 is 0 Å². The van der Waals surface area contributed by atoms with E-state index in [0.717, 1.165) is 20.9 Å². The zero-order valence-corrected chi connectivity index (χ0v) is 11.4. The van der Waals surface area contributed by atoms with Crippen molar-refractivity contribution in [1.29, 1.82) is 0 Å². The molecule has 0 radical (unpaired) electrons. The van der Waals surface area contributed by atoms with Gasteiger partial charge in [-0.25, -0.2) is 0 Å². The monoisotopic (exact) mass is 274 g/mol. The Morgan fingerprint density at radius 1 is 1.11 bits per heavy atom. The molecule has 2 aromatic rings. The van der Waals surface area contributed by atoms with E-state index in [9.17, 15) is 4.79 Å². The molecule has 18 heavy (non-hydrogen) atoms. The standard InChI is InChI=1S/C15H11ClOS/c1-9-2-4-12-13(17)8-10-7-11(16)3-5-14(10)18-15(12)6-9/h2-7H,8H2,1H3. The van der Waals surface area contributed by atoms with Crippen LogP contribution in [0.15, 0.2) is 46.2 Å².